The largest absolute Gasteiger partial charge is 0.497 e. The summed E-state index contributed by atoms with van der Waals surface area (Å²) < 4.78 is 5.21. The van der Waals surface area contributed by atoms with Crippen molar-refractivity contribution in [2.45, 2.75) is 25.8 Å². The smallest absolute Gasteiger partial charge is 0.121 e. The second kappa shape index (κ2) is 3.65. The van der Waals surface area contributed by atoms with Crippen LogP contribution in [0.5, 0.6) is 5.75 Å². The van der Waals surface area contributed by atoms with Crippen LogP contribution in [0.25, 0.3) is 0 Å². The minimum Gasteiger partial charge on any atom is -0.497 e. The molecular weight excluding hydrogens is 188 g/mol. The molecule has 2 N–H and O–H groups in total. The van der Waals surface area contributed by atoms with Crippen LogP contribution in [0.15, 0.2) is 18.2 Å². The molecular formula is C12H18N2O. The summed E-state index contributed by atoms with van der Waals surface area (Å²) >= 11 is 0. The molecule has 1 aliphatic heterocycles. The molecule has 0 unspecified atom stereocenters. The van der Waals surface area contributed by atoms with Crippen LogP contribution in [0.1, 0.15) is 20.3 Å². The summed E-state index contributed by atoms with van der Waals surface area (Å²) in [5, 5.41) is 6.94. The average Bonchev–Trinajstić information content (AvgIpc) is 2.33. The summed E-state index contributed by atoms with van der Waals surface area (Å²) in [5.41, 5.74) is 2.42. The van der Waals surface area contributed by atoms with E-state index in [4.69, 9.17) is 4.74 Å². The average molecular weight is 206 g/mol. The zero-order chi connectivity index (χ0) is 10.9. The normalized spacial score (nSPS) is 18.1. The van der Waals surface area contributed by atoms with Crippen molar-refractivity contribution < 1.29 is 4.74 Å². The van der Waals surface area contributed by atoms with Crippen LogP contribution >= 0.6 is 0 Å². The fourth-order valence-electron chi connectivity index (χ4n) is 1.84. The van der Waals surface area contributed by atoms with E-state index in [1.807, 2.05) is 12.1 Å². The Balaban J connectivity index is 2.34. The van der Waals surface area contributed by atoms with Gasteiger partial charge in [-0.15, -0.1) is 0 Å². The van der Waals surface area contributed by atoms with Gasteiger partial charge in [0.25, 0.3) is 0 Å². The first-order valence-electron chi connectivity index (χ1n) is 5.31. The molecule has 0 amide bonds. The fraction of sp³-hybridized carbons (Fsp3) is 0.500. The van der Waals surface area contributed by atoms with Gasteiger partial charge in [0, 0.05) is 18.2 Å². The van der Waals surface area contributed by atoms with E-state index in [0.717, 1.165) is 30.1 Å². The van der Waals surface area contributed by atoms with Crippen molar-refractivity contribution in [1.29, 1.82) is 0 Å². The molecule has 0 radical (unpaired) electrons. The second-order valence-electron chi connectivity index (χ2n) is 4.60. The lowest BCUT2D eigenvalue weighted by Gasteiger charge is -2.25. The van der Waals surface area contributed by atoms with Crippen molar-refractivity contribution >= 4 is 11.4 Å². The summed E-state index contributed by atoms with van der Waals surface area (Å²) in [6, 6.07) is 6.08. The minimum atomic E-state index is 0.146. The lowest BCUT2D eigenvalue weighted by atomic mass is 10.0. The van der Waals surface area contributed by atoms with E-state index in [9.17, 15) is 0 Å². The Morgan fingerprint density at radius 2 is 2.07 bits per heavy atom. The van der Waals surface area contributed by atoms with Gasteiger partial charge >= 0.3 is 0 Å². The van der Waals surface area contributed by atoms with E-state index < -0.39 is 0 Å². The maximum Gasteiger partial charge on any atom is 0.121 e. The van der Waals surface area contributed by atoms with E-state index in [1.54, 1.807) is 7.11 Å². The molecule has 82 valence electrons. The van der Waals surface area contributed by atoms with Crippen molar-refractivity contribution in [2.75, 3.05) is 24.3 Å². The number of benzene rings is 1. The number of fused-ring (bicyclic) bond motifs is 1. The van der Waals surface area contributed by atoms with Crippen molar-refractivity contribution in [3.63, 3.8) is 0 Å². The molecule has 1 aliphatic rings. The predicted molar refractivity (Wildman–Crippen MR) is 63.8 cm³/mol. The monoisotopic (exact) mass is 206 g/mol. The summed E-state index contributed by atoms with van der Waals surface area (Å²) in [4.78, 5) is 0. The molecule has 15 heavy (non-hydrogen) atoms. The van der Waals surface area contributed by atoms with Gasteiger partial charge in [0.15, 0.2) is 0 Å². The molecule has 0 aromatic heterocycles. The van der Waals surface area contributed by atoms with Gasteiger partial charge in [-0.3, -0.25) is 0 Å². The Labute approximate surface area is 90.8 Å². The number of anilines is 2. The fourth-order valence-corrected chi connectivity index (χ4v) is 1.84. The molecule has 0 fully saturated rings. The van der Waals surface area contributed by atoms with E-state index in [-0.39, 0.29) is 5.54 Å². The minimum absolute atomic E-state index is 0.146. The molecule has 0 saturated carbocycles. The van der Waals surface area contributed by atoms with Crippen LogP contribution < -0.4 is 15.4 Å². The van der Waals surface area contributed by atoms with Gasteiger partial charge in [0.2, 0.25) is 0 Å². The molecule has 0 bridgehead atoms. The van der Waals surface area contributed by atoms with Crippen LogP contribution in [0, 0.1) is 0 Å². The number of rotatable bonds is 1. The third kappa shape index (κ3) is 2.17. The first-order valence-corrected chi connectivity index (χ1v) is 5.31. The highest BCUT2D eigenvalue weighted by Crippen LogP contribution is 2.32. The van der Waals surface area contributed by atoms with E-state index in [2.05, 4.69) is 30.5 Å². The molecule has 0 spiro atoms. The van der Waals surface area contributed by atoms with Crippen LogP contribution in [-0.4, -0.2) is 19.2 Å². The first-order chi connectivity index (χ1) is 7.11. The number of methoxy groups -OCH3 is 1. The number of hydrogen-bond acceptors (Lipinski definition) is 3. The maximum atomic E-state index is 5.21. The van der Waals surface area contributed by atoms with Gasteiger partial charge in [-0.2, -0.15) is 0 Å². The number of ether oxygens (including phenoxy) is 1. The molecule has 1 heterocycles. The van der Waals surface area contributed by atoms with Gasteiger partial charge in [-0.25, -0.2) is 0 Å². The molecule has 0 saturated heterocycles. The van der Waals surface area contributed by atoms with Gasteiger partial charge in [-0.1, -0.05) is 0 Å². The first kappa shape index (κ1) is 10.1. The Morgan fingerprint density at radius 1 is 1.27 bits per heavy atom. The van der Waals surface area contributed by atoms with Gasteiger partial charge < -0.3 is 15.4 Å². The Morgan fingerprint density at radius 3 is 2.80 bits per heavy atom. The van der Waals surface area contributed by atoms with Crippen LogP contribution in [-0.2, 0) is 0 Å². The maximum absolute atomic E-state index is 5.21. The Hall–Kier alpha value is -1.38. The third-order valence-electron chi connectivity index (χ3n) is 2.77. The topological polar surface area (TPSA) is 33.3 Å². The van der Waals surface area contributed by atoms with Crippen molar-refractivity contribution in [3.05, 3.63) is 18.2 Å². The molecule has 3 heteroatoms. The predicted octanol–water partition coefficient (Wildman–Crippen LogP) is 2.70. The zero-order valence-electron chi connectivity index (χ0n) is 9.55. The highest BCUT2D eigenvalue weighted by molar-refractivity contribution is 5.72. The third-order valence-corrected chi connectivity index (χ3v) is 2.77. The van der Waals surface area contributed by atoms with Crippen LogP contribution in [0.2, 0.25) is 0 Å². The highest BCUT2D eigenvalue weighted by Gasteiger charge is 2.21. The molecule has 2 rings (SSSR count). The van der Waals surface area contributed by atoms with E-state index in [1.165, 1.54) is 0 Å². The lowest BCUT2D eigenvalue weighted by Crippen LogP contribution is -2.30. The summed E-state index contributed by atoms with van der Waals surface area (Å²) in [5.74, 6) is 0.891. The van der Waals surface area contributed by atoms with Gasteiger partial charge in [-0.05, 0) is 32.4 Å². The molecule has 3 nitrogen and oxygen atoms in total. The summed E-state index contributed by atoms with van der Waals surface area (Å²) in [7, 11) is 1.69. The Bertz CT molecular complexity index is 361. The Kier molecular flexibility index (Phi) is 2.47. The number of hydrogen-bond donors (Lipinski definition) is 2. The SMILES string of the molecule is COc1ccc2c(c1)NCCC(C)(C)N2. The second-order valence-corrected chi connectivity index (χ2v) is 4.60. The zero-order valence-corrected chi connectivity index (χ0v) is 9.55. The molecule has 1 aromatic rings. The summed E-state index contributed by atoms with van der Waals surface area (Å²) in [6.45, 7) is 5.42. The van der Waals surface area contributed by atoms with Gasteiger partial charge in [0.1, 0.15) is 5.75 Å². The van der Waals surface area contributed by atoms with Crippen molar-refractivity contribution in [3.8, 4) is 5.75 Å². The quantitative estimate of drug-likeness (QED) is 0.741. The van der Waals surface area contributed by atoms with E-state index in [0.29, 0.717) is 0 Å². The van der Waals surface area contributed by atoms with E-state index >= 15 is 0 Å². The summed E-state index contributed by atoms with van der Waals surface area (Å²) in [6.07, 6.45) is 1.10. The van der Waals surface area contributed by atoms with Crippen LogP contribution in [0.3, 0.4) is 0 Å². The molecule has 1 aromatic carbocycles. The standard InChI is InChI=1S/C12H18N2O/c1-12(2)6-7-13-11-8-9(15-3)4-5-10(11)14-12/h4-5,8,13-14H,6-7H2,1-3H3. The molecule has 0 atom stereocenters. The van der Waals surface area contributed by atoms with Crippen molar-refractivity contribution in [2.24, 2.45) is 0 Å². The molecule has 0 aliphatic carbocycles. The van der Waals surface area contributed by atoms with Crippen LogP contribution in [0.4, 0.5) is 11.4 Å². The van der Waals surface area contributed by atoms with Crippen molar-refractivity contribution in [1.82, 2.24) is 0 Å². The lowest BCUT2D eigenvalue weighted by molar-refractivity contribution is 0.415. The number of nitrogens with one attached hydrogen (secondary N) is 2. The highest BCUT2D eigenvalue weighted by atomic mass is 16.5. The van der Waals surface area contributed by atoms with Gasteiger partial charge in [0.05, 0.1) is 18.5 Å².